The van der Waals surface area contributed by atoms with Crippen LogP contribution < -0.4 is 0 Å². The van der Waals surface area contributed by atoms with Crippen molar-refractivity contribution in [3.63, 3.8) is 0 Å². The van der Waals surface area contributed by atoms with E-state index < -0.39 is 0 Å². The first-order chi connectivity index (χ1) is 12.1. The topological polar surface area (TPSA) is 50.6 Å². The van der Waals surface area contributed by atoms with Crippen LogP contribution in [0.4, 0.5) is 4.79 Å². The van der Waals surface area contributed by atoms with E-state index in [-0.39, 0.29) is 18.2 Å². The molecule has 2 aliphatic heterocycles. The Labute approximate surface area is 151 Å². The van der Waals surface area contributed by atoms with Crippen molar-refractivity contribution in [3.8, 4) is 0 Å². The molecule has 0 N–H and O–H groups in total. The number of benzene rings is 1. The first kappa shape index (κ1) is 16.4. The van der Waals surface area contributed by atoms with Gasteiger partial charge in [0.1, 0.15) is 11.9 Å². The Kier molecular flexibility index (Phi) is 4.39. The molecule has 2 aromatic rings. The summed E-state index contributed by atoms with van der Waals surface area (Å²) in [4.78, 5) is 20.7. The van der Waals surface area contributed by atoms with E-state index in [4.69, 9.17) is 16.3 Å². The van der Waals surface area contributed by atoms with Crippen LogP contribution in [0.2, 0.25) is 5.02 Å². The van der Waals surface area contributed by atoms with Crippen molar-refractivity contribution in [2.75, 3.05) is 19.6 Å². The third kappa shape index (κ3) is 3.37. The third-order valence-corrected chi connectivity index (χ3v) is 5.25. The molecule has 1 amide bonds. The van der Waals surface area contributed by atoms with Crippen molar-refractivity contribution in [2.24, 2.45) is 7.05 Å². The molecule has 3 heterocycles. The Morgan fingerprint density at radius 2 is 2.24 bits per heavy atom. The summed E-state index contributed by atoms with van der Waals surface area (Å²) in [6, 6.07) is 7.90. The van der Waals surface area contributed by atoms with Crippen molar-refractivity contribution in [3.05, 3.63) is 53.1 Å². The van der Waals surface area contributed by atoms with Gasteiger partial charge in [-0.05, 0) is 24.1 Å². The van der Waals surface area contributed by atoms with Gasteiger partial charge in [0, 0.05) is 44.1 Å². The van der Waals surface area contributed by atoms with E-state index in [1.165, 1.54) is 0 Å². The summed E-state index contributed by atoms with van der Waals surface area (Å²) in [5.41, 5.74) is 1.13. The van der Waals surface area contributed by atoms with Crippen LogP contribution in [0.1, 0.15) is 11.4 Å². The number of fused-ring (bicyclic) bond motifs is 1. The Balaban J connectivity index is 1.38. The number of aryl methyl sites for hydroxylation is 1. The highest BCUT2D eigenvalue weighted by atomic mass is 35.5. The molecule has 2 aliphatic rings. The van der Waals surface area contributed by atoms with Crippen LogP contribution in [0, 0.1) is 0 Å². The fourth-order valence-corrected chi connectivity index (χ4v) is 3.87. The monoisotopic (exact) mass is 360 g/mol. The number of imidazole rings is 1. The highest BCUT2D eigenvalue weighted by Crippen LogP contribution is 2.28. The maximum absolute atomic E-state index is 12.2. The molecule has 4 rings (SSSR count). The number of likely N-dealkylation sites (tertiary alicyclic amines) is 1. The largest absolute Gasteiger partial charge is 0.442 e. The maximum atomic E-state index is 12.2. The molecule has 0 aliphatic carbocycles. The molecule has 0 bridgehead atoms. The van der Waals surface area contributed by atoms with Gasteiger partial charge in [-0.15, -0.1) is 0 Å². The summed E-state index contributed by atoms with van der Waals surface area (Å²) in [5, 5.41) is 0.724. The van der Waals surface area contributed by atoms with E-state index >= 15 is 0 Å². The van der Waals surface area contributed by atoms with E-state index in [9.17, 15) is 4.79 Å². The average molecular weight is 361 g/mol. The molecule has 0 radical (unpaired) electrons. The molecule has 6 nitrogen and oxygen atoms in total. The third-order valence-electron chi connectivity index (χ3n) is 5.02. The van der Waals surface area contributed by atoms with E-state index in [0.717, 1.165) is 42.5 Å². The van der Waals surface area contributed by atoms with Crippen molar-refractivity contribution in [1.82, 2.24) is 19.4 Å². The van der Waals surface area contributed by atoms with Crippen molar-refractivity contribution >= 4 is 17.7 Å². The zero-order chi connectivity index (χ0) is 17.4. The second-order valence-electron chi connectivity index (χ2n) is 6.71. The number of rotatable bonds is 5. The molecular formula is C18H21ClN4O2. The molecule has 1 aromatic heterocycles. The van der Waals surface area contributed by atoms with Gasteiger partial charge in [0.25, 0.3) is 0 Å². The van der Waals surface area contributed by atoms with Crippen LogP contribution in [-0.4, -0.2) is 57.2 Å². The van der Waals surface area contributed by atoms with Crippen LogP contribution in [0.5, 0.6) is 0 Å². The molecule has 25 heavy (non-hydrogen) atoms. The smallest absolute Gasteiger partial charge is 0.410 e. The van der Waals surface area contributed by atoms with Gasteiger partial charge in [-0.25, -0.2) is 9.78 Å². The average Bonchev–Trinajstić information content (AvgIpc) is 3.22. The highest BCUT2D eigenvalue weighted by molar-refractivity contribution is 6.30. The Hall–Kier alpha value is -2.05. The van der Waals surface area contributed by atoms with Crippen molar-refractivity contribution in [2.45, 2.75) is 25.1 Å². The second-order valence-corrected chi connectivity index (χ2v) is 7.15. The Morgan fingerprint density at radius 1 is 1.36 bits per heavy atom. The van der Waals surface area contributed by atoms with E-state index in [0.29, 0.717) is 6.54 Å². The molecule has 1 aromatic carbocycles. The van der Waals surface area contributed by atoms with Crippen LogP contribution in [0.3, 0.4) is 0 Å². The number of amides is 1. The SMILES string of the molecule is Cn1ccnc1CN1C[C@H]2OC(=O)N(CCc3cccc(Cl)c3)[C@H]2C1. The fraction of sp³-hybridized carbons (Fsp3) is 0.444. The number of hydrogen-bond acceptors (Lipinski definition) is 4. The lowest BCUT2D eigenvalue weighted by molar-refractivity contribution is 0.119. The lowest BCUT2D eigenvalue weighted by Crippen LogP contribution is -2.39. The number of aromatic nitrogens is 2. The number of nitrogens with zero attached hydrogens (tertiary/aromatic N) is 4. The molecule has 2 atom stereocenters. The first-order valence-electron chi connectivity index (χ1n) is 8.50. The number of ether oxygens (including phenoxy) is 1. The van der Waals surface area contributed by atoms with Crippen LogP contribution in [0.25, 0.3) is 0 Å². The van der Waals surface area contributed by atoms with Crippen LogP contribution in [-0.2, 0) is 24.8 Å². The molecule has 0 saturated carbocycles. The summed E-state index contributed by atoms with van der Waals surface area (Å²) in [6.07, 6.45) is 4.28. The molecule has 2 saturated heterocycles. The Bertz CT molecular complexity index is 778. The van der Waals surface area contributed by atoms with Crippen molar-refractivity contribution in [1.29, 1.82) is 0 Å². The highest BCUT2D eigenvalue weighted by Gasteiger charge is 2.47. The molecule has 0 unspecified atom stereocenters. The number of carbonyl (C=O) groups excluding carboxylic acids is 1. The lowest BCUT2D eigenvalue weighted by Gasteiger charge is -2.22. The van der Waals surface area contributed by atoms with Gasteiger partial charge in [0.2, 0.25) is 0 Å². The minimum absolute atomic E-state index is 0.0490. The summed E-state index contributed by atoms with van der Waals surface area (Å²) in [7, 11) is 2.00. The summed E-state index contributed by atoms with van der Waals surface area (Å²) >= 11 is 6.04. The van der Waals surface area contributed by atoms with E-state index in [1.54, 1.807) is 0 Å². The second kappa shape index (κ2) is 6.69. The predicted octanol–water partition coefficient (Wildman–Crippen LogP) is 2.32. The fourth-order valence-electron chi connectivity index (χ4n) is 3.66. The molecule has 2 fully saturated rings. The molecule has 0 spiro atoms. The summed E-state index contributed by atoms with van der Waals surface area (Å²) < 4.78 is 7.61. The number of hydrogen-bond donors (Lipinski definition) is 0. The maximum Gasteiger partial charge on any atom is 0.410 e. The van der Waals surface area contributed by atoms with Gasteiger partial charge in [-0.1, -0.05) is 23.7 Å². The lowest BCUT2D eigenvalue weighted by atomic mass is 10.1. The number of halogens is 1. The van der Waals surface area contributed by atoms with Crippen LogP contribution in [0.15, 0.2) is 36.7 Å². The van der Waals surface area contributed by atoms with Gasteiger partial charge in [-0.3, -0.25) is 9.80 Å². The van der Waals surface area contributed by atoms with Gasteiger partial charge < -0.3 is 9.30 Å². The van der Waals surface area contributed by atoms with Gasteiger partial charge in [-0.2, -0.15) is 0 Å². The summed E-state index contributed by atoms with van der Waals surface area (Å²) in [6.45, 7) is 3.00. The predicted molar refractivity (Wildman–Crippen MR) is 94.4 cm³/mol. The molecular weight excluding hydrogens is 340 g/mol. The zero-order valence-corrected chi connectivity index (χ0v) is 14.9. The minimum atomic E-state index is -0.200. The summed E-state index contributed by atoms with van der Waals surface area (Å²) in [5.74, 6) is 1.02. The zero-order valence-electron chi connectivity index (χ0n) is 14.1. The first-order valence-corrected chi connectivity index (χ1v) is 8.88. The molecule has 132 valence electrons. The Morgan fingerprint density at radius 3 is 3.00 bits per heavy atom. The van der Waals surface area contributed by atoms with Gasteiger partial charge in [0.05, 0.1) is 12.6 Å². The van der Waals surface area contributed by atoms with Gasteiger partial charge in [0.15, 0.2) is 0 Å². The normalized spacial score (nSPS) is 23.1. The minimum Gasteiger partial charge on any atom is -0.442 e. The van der Waals surface area contributed by atoms with Crippen molar-refractivity contribution < 1.29 is 9.53 Å². The van der Waals surface area contributed by atoms with Crippen LogP contribution >= 0.6 is 11.6 Å². The quantitative estimate of drug-likeness (QED) is 0.821. The van der Waals surface area contributed by atoms with E-state index in [2.05, 4.69) is 9.88 Å². The standard InChI is InChI=1S/C18H21ClN4O2/c1-21-8-6-20-17(21)12-22-10-15-16(11-22)25-18(24)23(15)7-5-13-3-2-4-14(19)9-13/h2-4,6,8-9,15-16H,5,7,10-12H2,1H3/t15-,16+/m0/s1. The van der Waals surface area contributed by atoms with Gasteiger partial charge >= 0.3 is 6.09 Å². The number of carbonyl (C=O) groups is 1. The molecule has 7 heteroatoms. The van der Waals surface area contributed by atoms with E-state index in [1.807, 2.05) is 53.2 Å².